The van der Waals surface area contributed by atoms with Gasteiger partial charge in [0.05, 0.1) is 18.6 Å². The fourth-order valence-electron chi connectivity index (χ4n) is 1.03. The molecule has 1 aliphatic rings. The highest BCUT2D eigenvalue weighted by Gasteiger charge is 2.50. The van der Waals surface area contributed by atoms with Gasteiger partial charge in [0.2, 0.25) is 0 Å². The van der Waals surface area contributed by atoms with Crippen LogP contribution in [0.5, 0.6) is 0 Å². The maximum atomic E-state index is 13.3. The molecule has 1 fully saturated rings. The van der Waals surface area contributed by atoms with Gasteiger partial charge < -0.3 is 15.3 Å². The molecular weight excluding hydrogens is 189 g/mol. The Labute approximate surface area is 80.9 Å². The Hall–Kier alpha value is -1.39. The maximum Gasteiger partial charge on any atom is 0.343 e. The second kappa shape index (κ2) is 3.77. The summed E-state index contributed by atoms with van der Waals surface area (Å²) in [5, 5.41) is 16.1. The first-order chi connectivity index (χ1) is 6.55. The van der Waals surface area contributed by atoms with Crippen molar-refractivity contribution in [2.24, 2.45) is 0 Å². The van der Waals surface area contributed by atoms with Gasteiger partial charge in [-0.25, -0.2) is 9.18 Å². The Kier molecular flexibility index (Phi) is 2.88. The quantitative estimate of drug-likeness (QED) is 0.313. The normalized spacial score (nSPS) is 18.9. The number of aliphatic hydroxyl groups is 1. The molecule has 0 unspecified atom stereocenters. The van der Waals surface area contributed by atoms with Crippen molar-refractivity contribution in [3.63, 3.8) is 0 Å². The lowest BCUT2D eigenvalue weighted by atomic mass is 10.1. The molecule has 0 bridgehead atoms. The van der Waals surface area contributed by atoms with Crippen LogP contribution in [-0.2, 0) is 9.53 Å². The molecule has 1 rings (SSSR count). The molecule has 5 heteroatoms. The van der Waals surface area contributed by atoms with E-state index in [-0.39, 0.29) is 19.4 Å². The van der Waals surface area contributed by atoms with E-state index >= 15 is 0 Å². The number of carbonyl (C=O) groups excluding carboxylic acids is 1. The van der Waals surface area contributed by atoms with Gasteiger partial charge in [-0.3, -0.25) is 0 Å². The summed E-state index contributed by atoms with van der Waals surface area (Å²) in [4.78, 5) is 11.1. The summed E-state index contributed by atoms with van der Waals surface area (Å²) in [5.74, 6) is -0.857. The molecule has 0 aromatic carbocycles. The second-order valence-electron chi connectivity index (χ2n) is 3.10. The first-order valence-electron chi connectivity index (χ1n) is 4.35. The third-order valence-corrected chi connectivity index (χ3v) is 2.03. The van der Waals surface area contributed by atoms with Crippen LogP contribution in [0.3, 0.4) is 0 Å². The van der Waals surface area contributed by atoms with Gasteiger partial charge in [-0.15, -0.1) is 0 Å². The predicted octanol–water partition coefficient (Wildman–Crippen LogP) is 1.51. The van der Waals surface area contributed by atoms with Crippen LogP contribution < -0.4 is 0 Å². The van der Waals surface area contributed by atoms with Crippen molar-refractivity contribution in [2.75, 3.05) is 6.61 Å². The fraction of sp³-hybridized carbons (Fsp3) is 0.556. The zero-order valence-corrected chi connectivity index (χ0v) is 7.84. The minimum absolute atomic E-state index is 0.128. The average Bonchev–Trinajstić information content (AvgIpc) is 2.86. The summed E-state index contributed by atoms with van der Waals surface area (Å²) in [6.07, 6.45) is 0.880. The van der Waals surface area contributed by atoms with E-state index in [1.54, 1.807) is 6.92 Å². The van der Waals surface area contributed by atoms with Crippen LogP contribution in [0.25, 0.3) is 0 Å². The molecule has 0 amide bonds. The number of aliphatic hydroxyl groups excluding tert-OH is 1. The van der Waals surface area contributed by atoms with Crippen LogP contribution in [0, 0.1) is 5.41 Å². The lowest BCUT2D eigenvalue weighted by molar-refractivity contribution is -0.138. The van der Waals surface area contributed by atoms with E-state index in [1.807, 2.05) is 0 Å². The summed E-state index contributed by atoms with van der Waals surface area (Å²) in [6, 6.07) is 0. The molecule has 78 valence electrons. The Bertz CT molecular complexity index is 294. The third-order valence-electron chi connectivity index (χ3n) is 2.03. The van der Waals surface area contributed by atoms with E-state index in [0.29, 0.717) is 6.26 Å². The number of nitrogens with one attached hydrogen (secondary N) is 1. The molecule has 14 heavy (non-hydrogen) atoms. The minimum Gasteiger partial charge on any atom is -0.515 e. The SMILES string of the molecule is CCOC(=O)/C(=C/O)C(=N)C1(F)CC1. The van der Waals surface area contributed by atoms with Crippen LogP contribution in [0.2, 0.25) is 0 Å². The van der Waals surface area contributed by atoms with Gasteiger partial charge in [0, 0.05) is 0 Å². The molecule has 0 aromatic heterocycles. The van der Waals surface area contributed by atoms with Crippen LogP contribution in [0.4, 0.5) is 4.39 Å². The summed E-state index contributed by atoms with van der Waals surface area (Å²) in [7, 11) is 0. The molecule has 1 aliphatic carbocycles. The lowest BCUT2D eigenvalue weighted by Gasteiger charge is -2.09. The summed E-state index contributed by atoms with van der Waals surface area (Å²) < 4.78 is 17.9. The highest BCUT2D eigenvalue weighted by Crippen LogP contribution is 2.42. The van der Waals surface area contributed by atoms with Gasteiger partial charge in [-0.2, -0.15) is 0 Å². The zero-order chi connectivity index (χ0) is 10.8. The zero-order valence-electron chi connectivity index (χ0n) is 7.84. The summed E-state index contributed by atoms with van der Waals surface area (Å²) in [5.41, 5.74) is -2.62. The molecule has 0 atom stereocenters. The van der Waals surface area contributed by atoms with Gasteiger partial charge >= 0.3 is 5.97 Å². The van der Waals surface area contributed by atoms with Gasteiger partial charge in [-0.05, 0) is 19.8 Å². The largest absolute Gasteiger partial charge is 0.515 e. The average molecular weight is 201 g/mol. The standard InChI is InChI=1S/C9H12FNO3/c1-2-14-8(13)6(5-12)7(11)9(10)3-4-9/h5,11-12H,2-4H2,1H3/b6-5+,11-7?. The molecule has 1 saturated carbocycles. The van der Waals surface area contributed by atoms with Crippen molar-refractivity contribution in [1.29, 1.82) is 5.41 Å². The predicted molar refractivity (Wildman–Crippen MR) is 48.1 cm³/mol. The van der Waals surface area contributed by atoms with Crippen LogP contribution >= 0.6 is 0 Å². The Balaban J connectivity index is 2.73. The highest BCUT2D eigenvalue weighted by molar-refractivity contribution is 6.22. The molecule has 0 aromatic rings. The van der Waals surface area contributed by atoms with Gasteiger partial charge in [-0.1, -0.05) is 0 Å². The first-order valence-corrected chi connectivity index (χ1v) is 4.35. The number of rotatable bonds is 4. The molecular formula is C9H12FNO3. The van der Waals surface area contributed by atoms with Crippen molar-refractivity contribution in [2.45, 2.75) is 25.4 Å². The monoisotopic (exact) mass is 201 g/mol. The number of hydrogen-bond acceptors (Lipinski definition) is 4. The maximum absolute atomic E-state index is 13.3. The number of carbonyl (C=O) groups is 1. The van der Waals surface area contributed by atoms with Gasteiger partial charge in [0.15, 0.2) is 5.67 Å². The molecule has 0 heterocycles. The highest BCUT2D eigenvalue weighted by atomic mass is 19.1. The van der Waals surface area contributed by atoms with Crippen molar-refractivity contribution >= 4 is 11.7 Å². The minimum atomic E-state index is -1.73. The topological polar surface area (TPSA) is 70.4 Å². The van der Waals surface area contributed by atoms with E-state index in [9.17, 15) is 9.18 Å². The van der Waals surface area contributed by atoms with E-state index in [1.165, 1.54) is 0 Å². The van der Waals surface area contributed by atoms with E-state index in [2.05, 4.69) is 4.74 Å². The lowest BCUT2D eigenvalue weighted by Crippen LogP contribution is -2.24. The first kappa shape index (κ1) is 10.7. The Morgan fingerprint density at radius 3 is 2.64 bits per heavy atom. The van der Waals surface area contributed by atoms with Crippen LogP contribution in [-0.4, -0.2) is 29.1 Å². The molecule has 0 spiro atoms. The number of alkyl halides is 1. The second-order valence-corrected chi connectivity index (χ2v) is 3.10. The van der Waals surface area contributed by atoms with Crippen LogP contribution in [0.15, 0.2) is 11.8 Å². The Morgan fingerprint density at radius 2 is 2.29 bits per heavy atom. The summed E-state index contributed by atoms with van der Waals surface area (Å²) in [6.45, 7) is 1.72. The fourth-order valence-corrected chi connectivity index (χ4v) is 1.03. The van der Waals surface area contributed by atoms with E-state index in [4.69, 9.17) is 10.5 Å². The molecule has 0 aliphatic heterocycles. The molecule has 0 saturated heterocycles. The molecule has 2 N–H and O–H groups in total. The molecule has 0 radical (unpaired) electrons. The van der Waals surface area contributed by atoms with Crippen molar-refractivity contribution in [3.05, 3.63) is 11.8 Å². The van der Waals surface area contributed by atoms with Crippen molar-refractivity contribution < 1.29 is 19.0 Å². The van der Waals surface area contributed by atoms with Gasteiger partial charge in [0.1, 0.15) is 5.57 Å². The van der Waals surface area contributed by atoms with E-state index < -0.39 is 22.9 Å². The number of ether oxygens (including phenoxy) is 1. The number of hydrogen-bond donors (Lipinski definition) is 2. The Morgan fingerprint density at radius 1 is 1.71 bits per heavy atom. The van der Waals surface area contributed by atoms with Crippen molar-refractivity contribution in [1.82, 2.24) is 0 Å². The smallest absolute Gasteiger partial charge is 0.343 e. The molecule has 4 nitrogen and oxygen atoms in total. The van der Waals surface area contributed by atoms with Gasteiger partial charge in [0.25, 0.3) is 0 Å². The van der Waals surface area contributed by atoms with Crippen LogP contribution in [0.1, 0.15) is 19.8 Å². The number of halogens is 1. The van der Waals surface area contributed by atoms with E-state index in [0.717, 1.165) is 0 Å². The van der Waals surface area contributed by atoms with Crippen molar-refractivity contribution in [3.8, 4) is 0 Å². The summed E-state index contributed by atoms with van der Waals surface area (Å²) >= 11 is 0. The third kappa shape index (κ3) is 1.92. The number of esters is 1.